The number of nitrogens with one attached hydrogen (secondary N) is 1. The number of carbonyl (C=O) groups excluding carboxylic acids is 1. The van der Waals surface area contributed by atoms with Crippen molar-refractivity contribution in [3.05, 3.63) is 0 Å². The fraction of sp³-hybridized carbons (Fsp3) is 0.909. The van der Waals surface area contributed by atoms with E-state index >= 15 is 0 Å². The average molecular weight is 183 g/mol. The smallest absolute Gasteiger partial charge is 0.223 e. The Morgan fingerprint density at radius 2 is 2.08 bits per heavy atom. The second-order valence-electron chi connectivity index (χ2n) is 4.18. The molecule has 2 heteroatoms. The molecular formula is C11H21NO. The van der Waals surface area contributed by atoms with Gasteiger partial charge in [-0.15, -0.1) is 0 Å². The zero-order chi connectivity index (χ0) is 9.68. The third-order valence-corrected chi connectivity index (χ3v) is 2.87. The Balaban J connectivity index is 2.22. The highest BCUT2D eigenvalue weighted by Gasteiger charge is 2.19. The van der Waals surface area contributed by atoms with Crippen LogP contribution in [0, 0.1) is 5.92 Å². The molecule has 0 saturated heterocycles. The Morgan fingerprint density at radius 3 is 2.62 bits per heavy atom. The van der Waals surface area contributed by atoms with Gasteiger partial charge in [0.05, 0.1) is 0 Å². The molecule has 1 fully saturated rings. The van der Waals surface area contributed by atoms with Crippen LogP contribution in [0.25, 0.3) is 0 Å². The normalized spacial score (nSPS) is 20.2. The summed E-state index contributed by atoms with van der Waals surface area (Å²) in [6.45, 7) is 4.15. The van der Waals surface area contributed by atoms with E-state index in [0.29, 0.717) is 6.04 Å². The lowest BCUT2D eigenvalue weighted by Crippen LogP contribution is -2.36. The molecule has 1 amide bonds. The second-order valence-corrected chi connectivity index (χ2v) is 4.18. The van der Waals surface area contributed by atoms with Gasteiger partial charge in [-0.3, -0.25) is 4.79 Å². The van der Waals surface area contributed by atoms with E-state index in [2.05, 4.69) is 12.2 Å². The summed E-state index contributed by atoms with van der Waals surface area (Å²) in [7, 11) is 0. The molecule has 0 radical (unpaired) electrons. The molecule has 1 aliphatic rings. The van der Waals surface area contributed by atoms with E-state index in [0.717, 1.165) is 12.8 Å². The topological polar surface area (TPSA) is 29.1 Å². The van der Waals surface area contributed by atoms with Gasteiger partial charge in [0, 0.05) is 12.0 Å². The molecule has 0 heterocycles. The lowest BCUT2D eigenvalue weighted by atomic mass is 10.0. The maximum absolute atomic E-state index is 11.6. The van der Waals surface area contributed by atoms with Crippen LogP contribution in [-0.4, -0.2) is 11.9 Å². The molecule has 76 valence electrons. The van der Waals surface area contributed by atoms with Gasteiger partial charge in [0.1, 0.15) is 0 Å². The quantitative estimate of drug-likeness (QED) is 0.712. The van der Waals surface area contributed by atoms with Gasteiger partial charge < -0.3 is 5.32 Å². The first-order valence-corrected chi connectivity index (χ1v) is 5.54. The van der Waals surface area contributed by atoms with E-state index < -0.39 is 0 Å². The molecule has 1 atom stereocenters. The molecule has 13 heavy (non-hydrogen) atoms. The van der Waals surface area contributed by atoms with Crippen LogP contribution in [0.1, 0.15) is 52.4 Å². The van der Waals surface area contributed by atoms with E-state index in [1.54, 1.807) is 0 Å². The number of rotatable bonds is 4. The number of hydrogen-bond donors (Lipinski definition) is 1. The Bertz CT molecular complexity index is 161. The fourth-order valence-corrected chi connectivity index (χ4v) is 1.98. The Kier molecular flexibility index (Phi) is 4.26. The van der Waals surface area contributed by atoms with Crippen LogP contribution in [0.15, 0.2) is 0 Å². The van der Waals surface area contributed by atoms with Crippen molar-refractivity contribution in [1.82, 2.24) is 5.32 Å². The lowest BCUT2D eigenvalue weighted by molar-refractivity contribution is -0.125. The van der Waals surface area contributed by atoms with Gasteiger partial charge in [-0.2, -0.15) is 0 Å². The van der Waals surface area contributed by atoms with Crippen LogP contribution in [0.2, 0.25) is 0 Å². The van der Waals surface area contributed by atoms with Crippen molar-refractivity contribution in [1.29, 1.82) is 0 Å². The molecule has 0 spiro atoms. The van der Waals surface area contributed by atoms with Gasteiger partial charge in [-0.1, -0.05) is 33.1 Å². The molecule has 1 N–H and O–H groups in total. The van der Waals surface area contributed by atoms with Crippen molar-refractivity contribution in [2.75, 3.05) is 0 Å². The number of amides is 1. The van der Waals surface area contributed by atoms with Crippen molar-refractivity contribution < 1.29 is 4.79 Å². The molecule has 2 nitrogen and oxygen atoms in total. The minimum atomic E-state index is 0.200. The van der Waals surface area contributed by atoms with Gasteiger partial charge >= 0.3 is 0 Å². The third-order valence-electron chi connectivity index (χ3n) is 2.87. The van der Waals surface area contributed by atoms with Crippen LogP contribution >= 0.6 is 0 Å². The van der Waals surface area contributed by atoms with Crippen molar-refractivity contribution >= 4 is 5.91 Å². The predicted octanol–water partition coefficient (Wildman–Crippen LogP) is 2.48. The van der Waals surface area contributed by atoms with Gasteiger partial charge in [0.2, 0.25) is 5.91 Å². The highest BCUT2D eigenvalue weighted by Crippen LogP contribution is 2.18. The van der Waals surface area contributed by atoms with Crippen LogP contribution in [0.5, 0.6) is 0 Å². The van der Waals surface area contributed by atoms with Crippen LogP contribution < -0.4 is 5.32 Å². The van der Waals surface area contributed by atoms with Crippen LogP contribution in [0.4, 0.5) is 0 Å². The number of carbonyl (C=O) groups is 1. The van der Waals surface area contributed by atoms with Gasteiger partial charge in [-0.25, -0.2) is 0 Å². The minimum absolute atomic E-state index is 0.200. The Labute approximate surface area is 81.1 Å². The van der Waals surface area contributed by atoms with Gasteiger partial charge in [0.15, 0.2) is 0 Å². The molecule has 0 unspecified atom stereocenters. The summed E-state index contributed by atoms with van der Waals surface area (Å²) in [5.74, 6) is 0.458. The zero-order valence-corrected chi connectivity index (χ0v) is 8.81. The molecular weight excluding hydrogens is 162 g/mol. The zero-order valence-electron chi connectivity index (χ0n) is 8.81. The largest absolute Gasteiger partial charge is 0.353 e. The molecule has 1 saturated carbocycles. The average Bonchev–Trinajstić information content (AvgIpc) is 2.57. The number of hydrogen-bond acceptors (Lipinski definition) is 1. The summed E-state index contributed by atoms with van der Waals surface area (Å²) in [6, 6.07) is 0.479. The maximum atomic E-state index is 11.6. The van der Waals surface area contributed by atoms with Crippen molar-refractivity contribution in [3.63, 3.8) is 0 Å². The van der Waals surface area contributed by atoms with E-state index in [-0.39, 0.29) is 11.8 Å². The van der Waals surface area contributed by atoms with Crippen molar-refractivity contribution in [3.8, 4) is 0 Å². The lowest BCUT2D eigenvalue weighted by Gasteiger charge is -2.15. The highest BCUT2D eigenvalue weighted by molar-refractivity contribution is 5.78. The van der Waals surface area contributed by atoms with Crippen LogP contribution in [0.3, 0.4) is 0 Å². The molecule has 1 aliphatic carbocycles. The van der Waals surface area contributed by atoms with E-state index in [1.807, 2.05) is 6.92 Å². The van der Waals surface area contributed by atoms with Gasteiger partial charge in [0.25, 0.3) is 0 Å². The van der Waals surface area contributed by atoms with Crippen LogP contribution in [-0.2, 0) is 4.79 Å². The summed E-state index contributed by atoms with van der Waals surface area (Å²) in [4.78, 5) is 11.6. The van der Waals surface area contributed by atoms with Crippen molar-refractivity contribution in [2.45, 2.75) is 58.4 Å². The van der Waals surface area contributed by atoms with E-state index in [4.69, 9.17) is 0 Å². The second kappa shape index (κ2) is 5.25. The Morgan fingerprint density at radius 1 is 1.46 bits per heavy atom. The summed E-state index contributed by atoms with van der Waals surface area (Å²) in [6.07, 6.45) is 7.05. The third kappa shape index (κ3) is 3.37. The molecule has 0 aromatic carbocycles. The first kappa shape index (κ1) is 10.6. The summed E-state index contributed by atoms with van der Waals surface area (Å²) >= 11 is 0. The first-order valence-electron chi connectivity index (χ1n) is 5.54. The summed E-state index contributed by atoms with van der Waals surface area (Å²) < 4.78 is 0. The highest BCUT2D eigenvalue weighted by atomic mass is 16.1. The van der Waals surface area contributed by atoms with Gasteiger partial charge in [-0.05, 0) is 19.3 Å². The molecule has 0 aliphatic heterocycles. The molecule has 0 bridgehead atoms. The SMILES string of the molecule is CCC[C@@H](C)C(=O)NC1CCCC1. The summed E-state index contributed by atoms with van der Waals surface area (Å²) in [5.41, 5.74) is 0. The standard InChI is InChI=1S/C11H21NO/c1-3-6-9(2)11(13)12-10-7-4-5-8-10/h9-10H,3-8H2,1-2H3,(H,12,13)/t9-/m1/s1. The Hall–Kier alpha value is -0.530. The maximum Gasteiger partial charge on any atom is 0.223 e. The molecule has 0 aromatic rings. The van der Waals surface area contributed by atoms with E-state index in [1.165, 1.54) is 25.7 Å². The first-order chi connectivity index (χ1) is 6.24. The monoisotopic (exact) mass is 183 g/mol. The van der Waals surface area contributed by atoms with Crippen molar-refractivity contribution in [2.24, 2.45) is 5.92 Å². The predicted molar refractivity (Wildman–Crippen MR) is 54.5 cm³/mol. The molecule has 1 rings (SSSR count). The molecule has 0 aromatic heterocycles. The van der Waals surface area contributed by atoms with E-state index in [9.17, 15) is 4.79 Å². The fourth-order valence-electron chi connectivity index (χ4n) is 1.98. The minimum Gasteiger partial charge on any atom is -0.353 e. The summed E-state index contributed by atoms with van der Waals surface area (Å²) in [5, 5.41) is 3.12.